The number of halogens is 3. The van der Waals surface area contributed by atoms with Gasteiger partial charge in [0.1, 0.15) is 5.75 Å². The minimum absolute atomic E-state index is 0.174. The van der Waals surface area contributed by atoms with E-state index in [-0.39, 0.29) is 12.1 Å². The van der Waals surface area contributed by atoms with E-state index in [4.69, 9.17) is 16.3 Å². The van der Waals surface area contributed by atoms with Gasteiger partial charge in [-0.15, -0.1) is 0 Å². The van der Waals surface area contributed by atoms with E-state index in [1.165, 1.54) is 13.2 Å². The van der Waals surface area contributed by atoms with Crippen molar-refractivity contribution in [2.75, 3.05) is 20.2 Å². The number of hydrogen-bond donors (Lipinski definition) is 0. The van der Waals surface area contributed by atoms with E-state index >= 15 is 0 Å². The molecule has 0 N–H and O–H groups in total. The lowest BCUT2D eigenvalue weighted by molar-refractivity contribution is 0.0552. The van der Waals surface area contributed by atoms with Gasteiger partial charge < -0.3 is 14.2 Å². The molecule has 4 nitrogen and oxygen atoms in total. The molecule has 0 fully saturated rings. The van der Waals surface area contributed by atoms with Crippen molar-refractivity contribution in [3.05, 3.63) is 47.2 Å². The van der Waals surface area contributed by atoms with E-state index in [1.54, 1.807) is 10.6 Å². The Hall–Kier alpha value is -2.08. The predicted octanol–water partition coefficient (Wildman–Crippen LogP) is 4.26. The Bertz CT molecular complexity index is 690. The number of rotatable bonds is 7. The topological polar surface area (TPSA) is 34.5 Å². The number of nitrogens with zero attached hydrogens (tertiary/aromatic N) is 2. The molecule has 0 atom stereocenters. The third-order valence-corrected chi connectivity index (χ3v) is 3.82. The Balaban J connectivity index is 2.41. The first kappa shape index (κ1) is 18.3. The zero-order chi connectivity index (χ0) is 17.7. The molecule has 0 radical (unpaired) electrons. The standard InChI is InChI=1S/C17H19ClF2N2O2/c1-3-6-22(11-16(19)20)17(23)12-9-13(18)14(10-15(12)24-2)21-7-4-5-8-21/h4-5,7-10,16H,3,6,11H2,1-2H3. The number of carbonyl (C=O) groups excluding carboxylic acids is 1. The fourth-order valence-corrected chi connectivity index (χ4v) is 2.72. The molecule has 1 aromatic heterocycles. The maximum absolute atomic E-state index is 12.7. The van der Waals surface area contributed by atoms with E-state index in [0.29, 0.717) is 22.9 Å². The van der Waals surface area contributed by atoms with Crippen LogP contribution in [0.1, 0.15) is 23.7 Å². The highest BCUT2D eigenvalue weighted by Crippen LogP contribution is 2.31. The number of benzene rings is 1. The molecule has 7 heteroatoms. The fraction of sp³-hybridized carbons (Fsp3) is 0.353. The molecule has 2 rings (SSSR count). The number of alkyl halides is 2. The second-order valence-electron chi connectivity index (χ2n) is 5.24. The molecule has 0 saturated heterocycles. The molecule has 0 unspecified atom stereocenters. The SMILES string of the molecule is CCCN(CC(F)F)C(=O)c1cc(Cl)c(-n2cccc2)cc1OC. The lowest BCUT2D eigenvalue weighted by Crippen LogP contribution is -2.36. The van der Waals surface area contributed by atoms with Crippen LogP contribution in [-0.2, 0) is 0 Å². The summed E-state index contributed by atoms with van der Waals surface area (Å²) in [5, 5.41) is 0.337. The first-order valence-corrected chi connectivity index (χ1v) is 7.94. The number of amides is 1. The summed E-state index contributed by atoms with van der Waals surface area (Å²) in [6.45, 7) is 1.45. The second kappa shape index (κ2) is 8.15. The van der Waals surface area contributed by atoms with E-state index in [9.17, 15) is 13.6 Å². The van der Waals surface area contributed by atoms with Gasteiger partial charge >= 0.3 is 0 Å². The monoisotopic (exact) mass is 356 g/mol. The van der Waals surface area contributed by atoms with Gasteiger partial charge in [0.2, 0.25) is 0 Å². The largest absolute Gasteiger partial charge is 0.496 e. The normalized spacial score (nSPS) is 10.9. The van der Waals surface area contributed by atoms with Crippen molar-refractivity contribution in [2.24, 2.45) is 0 Å². The number of aromatic nitrogens is 1. The molecule has 2 aromatic rings. The molecular formula is C17H19ClF2N2O2. The zero-order valence-electron chi connectivity index (χ0n) is 13.5. The van der Waals surface area contributed by atoms with Gasteiger partial charge in [-0.2, -0.15) is 0 Å². The highest BCUT2D eigenvalue weighted by Gasteiger charge is 2.23. The zero-order valence-corrected chi connectivity index (χ0v) is 14.3. The van der Waals surface area contributed by atoms with Gasteiger partial charge in [0.05, 0.1) is 29.9 Å². The molecule has 1 heterocycles. The number of carbonyl (C=O) groups is 1. The van der Waals surface area contributed by atoms with Crippen molar-refractivity contribution in [3.8, 4) is 11.4 Å². The van der Waals surface area contributed by atoms with Gasteiger partial charge in [0.15, 0.2) is 0 Å². The lowest BCUT2D eigenvalue weighted by atomic mass is 10.1. The summed E-state index contributed by atoms with van der Waals surface area (Å²) in [6.07, 6.45) is 1.60. The molecule has 1 amide bonds. The summed E-state index contributed by atoms with van der Waals surface area (Å²) < 4.78 is 32.5. The molecular weight excluding hydrogens is 338 g/mol. The highest BCUT2D eigenvalue weighted by molar-refractivity contribution is 6.33. The van der Waals surface area contributed by atoms with Gasteiger partial charge in [0, 0.05) is 25.0 Å². The Labute approximate surface area is 144 Å². The third-order valence-electron chi connectivity index (χ3n) is 3.52. The molecule has 0 bridgehead atoms. The van der Waals surface area contributed by atoms with Gasteiger partial charge in [-0.1, -0.05) is 18.5 Å². The van der Waals surface area contributed by atoms with Crippen LogP contribution in [0.2, 0.25) is 5.02 Å². The average molecular weight is 357 g/mol. The van der Waals surface area contributed by atoms with Crippen LogP contribution in [0.15, 0.2) is 36.7 Å². The van der Waals surface area contributed by atoms with Crippen LogP contribution in [0.3, 0.4) is 0 Å². The van der Waals surface area contributed by atoms with Crippen molar-refractivity contribution >= 4 is 17.5 Å². The van der Waals surface area contributed by atoms with Crippen LogP contribution in [0, 0.1) is 0 Å². The van der Waals surface area contributed by atoms with Crippen molar-refractivity contribution in [3.63, 3.8) is 0 Å². The molecule has 0 aliphatic rings. The summed E-state index contributed by atoms with van der Waals surface area (Å²) in [5.41, 5.74) is 0.818. The van der Waals surface area contributed by atoms with Crippen molar-refractivity contribution < 1.29 is 18.3 Å². The minimum Gasteiger partial charge on any atom is -0.496 e. The summed E-state index contributed by atoms with van der Waals surface area (Å²) >= 11 is 6.29. The van der Waals surface area contributed by atoms with Gasteiger partial charge in [-0.05, 0) is 24.6 Å². The summed E-state index contributed by atoms with van der Waals surface area (Å²) in [5.74, 6) is -0.224. The fourth-order valence-electron chi connectivity index (χ4n) is 2.45. The van der Waals surface area contributed by atoms with Crippen LogP contribution in [0.25, 0.3) is 5.69 Å². The maximum atomic E-state index is 12.7. The van der Waals surface area contributed by atoms with Crippen LogP contribution < -0.4 is 4.74 Å². The first-order chi connectivity index (χ1) is 11.5. The number of ether oxygens (including phenoxy) is 1. The smallest absolute Gasteiger partial charge is 0.257 e. The Kier molecular flexibility index (Phi) is 6.20. The minimum atomic E-state index is -2.60. The van der Waals surface area contributed by atoms with Crippen LogP contribution in [0.5, 0.6) is 5.75 Å². The highest BCUT2D eigenvalue weighted by atomic mass is 35.5. The van der Waals surface area contributed by atoms with E-state index in [0.717, 1.165) is 4.90 Å². The predicted molar refractivity (Wildman–Crippen MR) is 89.5 cm³/mol. The van der Waals surface area contributed by atoms with E-state index in [2.05, 4.69) is 0 Å². The molecule has 130 valence electrons. The molecule has 0 aliphatic carbocycles. The summed E-state index contributed by atoms with van der Waals surface area (Å²) in [4.78, 5) is 13.8. The average Bonchev–Trinajstić information content (AvgIpc) is 3.07. The van der Waals surface area contributed by atoms with Crippen LogP contribution in [-0.4, -0.2) is 42.0 Å². The third kappa shape index (κ3) is 4.06. The Morgan fingerprint density at radius 1 is 1.33 bits per heavy atom. The van der Waals surface area contributed by atoms with Crippen molar-refractivity contribution in [1.29, 1.82) is 0 Å². The van der Waals surface area contributed by atoms with E-state index < -0.39 is 18.9 Å². The Morgan fingerprint density at radius 2 is 2.00 bits per heavy atom. The molecule has 0 saturated carbocycles. The second-order valence-corrected chi connectivity index (χ2v) is 5.64. The van der Waals surface area contributed by atoms with Crippen LogP contribution >= 0.6 is 11.6 Å². The first-order valence-electron chi connectivity index (χ1n) is 7.56. The number of methoxy groups -OCH3 is 1. The summed E-state index contributed by atoms with van der Waals surface area (Å²) in [6, 6.07) is 6.77. The maximum Gasteiger partial charge on any atom is 0.257 e. The van der Waals surface area contributed by atoms with Crippen molar-refractivity contribution in [2.45, 2.75) is 19.8 Å². The lowest BCUT2D eigenvalue weighted by Gasteiger charge is -2.23. The Morgan fingerprint density at radius 3 is 2.54 bits per heavy atom. The van der Waals surface area contributed by atoms with Crippen molar-refractivity contribution in [1.82, 2.24) is 9.47 Å². The van der Waals surface area contributed by atoms with Gasteiger partial charge in [-0.25, -0.2) is 8.78 Å². The molecule has 24 heavy (non-hydrogen) atoms. The molecule has 1 aromatic carbocycles. The molecule has 0 spiro atoms. The summed E-state index contributed by atoms with van der Waals surface area (Å²) in [7, 11) is 1.43. The van der Waals surface area contributed by atoms with E-state index in [1.807, 2.05) is 31.5 Å². The quantitative estimate of drug-likeness (QED) is 0.743. The molecule has 0 aliphatic heterocycles. The van der Waals surface area contributed by atoms with Gasteiger partial charge in [-0.3, -0.25) is 4.79 Å². The van der Waals surface area contributed by atoms with Crippen LogP contribution in [0.4, 0.5) is 8.78 Å². The van der Waals surface area contributed by atoms with Gasteiger partial charge in [0.25, 0.3) is 12.3 Å². The number of hydrogen-bond acceptors (Lipinski definition) is 2.